The number of benzene rings is 2. The molecule has 0 saturated heterocycles. The summed E-state index contributed by atoms with van der Waals surface area (Å²) in [6.45, 7) is 8.53. The smallest absolute Gasteiger partial charge is 0.137 e. The minimum atomic E-state index is 0.960. The van der Waals surface area contributed by atoms with Gasteiger partial charge in [-0.3, -0.25) is 0 Å². The molecule has 0 N–H and O–H groups in total. The molecule has 0 aliphatic rings. The molecule has 0 radical (unpaired) electrons. The molecule has 0 atom stereocenters. The van der Waals surface area contributed by atoms with Gasteiger partial charge in [-0.05, 0) is 50.5 Å². The summed E-state index contributed by atoms with van der Waals surface area (Å²) in [5, 5.41) is 0. The van der Waals surface area contributed by atoms with Gasteiger partial charge in [-0.2, -0.15) is 0 Å². The predicted molar refractivity (Wildman–Crippen MR) is 88.5 cm³/mol. The molecule has 1 nitrogen and oxygen atoms in total. The number of aryl methyl sites for hydroxylation is 4. The zero-order chi connectivity index (χ0) is 15.0. The summed E-state index contributed by atoms with van der Waals surface area (Å²) in [5.41, 5.74) is 7.34. The summed E-state index contributed by atoms with van der Waals surface area (Å²) in [5.74, 6) is 1.92. The van der Waals surface area contributed by atoms with Crippen molar-refractivity contribution in [3.05, 3.63) is 70.8 Å². The molecule has 0 saturated carbocycles. The van der Waals surface area contributed by atoms with E-state index in [1.807, 2.05) is 18.2 Å². The van der Waals surface area contributed by atoms with Crippen LogP contribution in [-0.2, 0) is 0 Å². The van der Waals surface area contributed by atoms with Crippen molar-refractivity contribution >= 4 is 0 Å². The minimum absolute atomic E-state index is 0.960. The summed E-state index contributed by atoms with van der Waals surface area (Å²) in [6.07, 6.45) is 0. The Labute approximate surface area is 126 Å². The van der Waals surface area contributed by atoms with Crippen molar-refractivity contribution in [2.45, 2.75) is 27.7 Å². The van der Waals surface area contributed by atoms with Crippen molar-refractivity contribution in [2.75, 3.05) is 0 Å². The lowest BCUT2D eigenvalue weighted by molar-refractivity contribution is 0.595. The summed E-state index contributed by atoms with van der Waals surface area (Å²) in [7, 11) is 0. The average Bonchev–Trinajstić information content (AvgIpc) is 2.80. The molecule has 1 heterocycles. The zero-order valence-electron chi connectivity index (χ0n) is 13.0. The van der Waals surface area contributed by atoms with Gasteiger partial charge in [0.1, 0.15) is 11.5 Å². The maximum atomic E-state index is 6.19. The van der Waals surface area contributed by atoms with Gasteiger partial charge in [-0.1, -0.05) is 48.0 Å². The van der Waals surface area contributed by atoms with Crippen molar-refractivity contribution in [1.82, 2.24) is 0 Å². The van der Waals surface area contributed by atoms with E-state index >= 15 is 0 Å². The number of hydrogen-bond donors (Lipinski definition) is 0. The first-order valence-corrected chi connectivity index (χ1v) is 7.30. The third kappa shape index (κ3) is 2.52. The molecule has 0 aliphatic carbocycles. The molecule has 106 valence electrons. The monoisotopic (exact) mass is 276 g/mol. The number of furan rings is 1. The number of rotatable bonds is 2. The van der Waals surface area contributed by atoms with E-state index in [0.717, 1.165) is 17.1 Å². The van der Waals surface area contributed by atoms with Gasteiger partial charge in [-0.25, -0.2) is 0 Å². The fourth-order valence-corrected chi connectivity index (χ4v) is 3.05. The second-order valence-corrected chi connectivity index (χ2v) is 5.76. The van der Waals surface area contributed by atoms with Crippen LogP contribution in [0.5, 0.6) is 0 Å². The largest absolute Gasteiger partial charge is 0.456 e. The molecule has 2 aromatic carbocycles. The van der Waals surface area contributed by atoms with E-state index in [4.69, 9.17) is 4.42 Å². The van der Waals surface area contributed by atoms with Crippen LogP contribution < -0.4 is 0 Å². The van der Waals surface area contributed by atoms with Crippen LogP contribution in [0.15, 0.2) is 52.9 Å². The van der Waals surface area contributed by atoms with Crippen LogP contribution in [0.3, 0.4) is 0 Å². The molecule has 0 aliphatic heterocycles. The van der Waals surface area contributed by atoms with Crippen LogP contribution in [0.2, 0.25) is 0 Å². The summed E-state index contributed by atoms with van der Waals surface area (Å²) >= 11 is 0. The summed E-state index contributed by atoms with van der Waals surface area (Å²) < 4.78 is 6.19. The predicted octanol–water partition coefficient (Wildman–Crippen LogP) is 5.85. The standard InChI is InChI=1S/C20H20O/c1-13-10-14(2)19(15(3)11-13)18-12-16(4)20(21-18)17-8-6-5-7-9-17/h5-12H,1-4H3. The lowest BCUT2D eigenvalue weighted by Gasteiger charge is -2.08. The van der Waals surface area contributed by atoms with E-state index in [2.05, 4.69) is 58.0 Å². The molecular formula is C20H20O. The van der Waals surface area contributed by atoms with E-state index in [1.165, 1.54) is 27.8 Å². The first kappa shape index (κ1) is 13.7. The Hall–Kier alpha value is -2.28. The Kier molecular flexibility index (Phi) is 3.42. The Bertz CT molecular complexity index is 756. The molecule has 0 unspecified atom stereocenters. The van der Waals surface area contributed by atoms with E-state index in [0.29, 0.717) is 0 Å². The van der Waals surface area contributed by atoms with Crippen molar-refractivity contribution in [3.8, 4) is 22.6 Å². The summed E-state index contributed by atoms with van der Waals surface area (Å²) in [4.78, 5) is 0. The molecule has 0 spiro atoms. The normalized spacial score (nSPS) is 10.9. The van der Waals surface area contributed by atoms with Gasteiger partial charge >= 0.3 is 0 Å². The lowest BCUT2D eigenvalue weighted by Crippen LogP contribution is -1.88. The van der Waals surface area contributed by atoms with Gasteiger partial charge < -0.3 is 4.42 Å². The molecule has 21 heavy (non-hydrogen) atoms. The van der Waals surface area contributed by atoms with E-state index in [1.54, 1.807) is 0 Å². The molecule has 3 rings (SSSR count). The van der Waals surface area contributed by atoms with Crippen LogP contribution in [0.1, 0.15) is 22.3 Å². The Balaban J connectivity index is 2.14. The molecule has 0 bridgehead atoms. The van der Waals surface area contributed by atoms with Gasteiger partial charge in [0.25, 0.3) is 0 Å². The SMILES string of the molecule is Cc1cc(C)c(-c2cc(C)c(-c3ccccc3)o2)c(C)c1. The van der Waals surface area contributed by atoms with E-state index in [-0.39, 0.29) is 0 Å². The quantitative estimate of drug-likeness (QED) is 0.572. The fraction of sp³-hybridized carbons (Fsp3) is 0.200. The van der Waals surface area contributed by atoms with Gasteiger partial charge in [0.15, 0.2) is 0 Å². The maximum Gasteiger partial charge on any atom is 0.137 e. The molecule has 0 amide bonds. The summed E-state index contributed by atoms with van der Waals surface area (Å²) in [6, 6.07) is 16.8. The van der Waals surface area contributed by atoms with Crippen LogP contribution in [0, 0.1) is 27.7 Å². The first-order chi connectivity index (χ1) is 10.1. The topological polar surface area (TPSA) is 13.1 Å². The highest BCUT2D eigenvalue weighted by molar-refractivity contribution is 5.72. The van der Waals surface area contributed by atoms with Gasteiger partial charge in [0, 0.05) is 11.1 Å². The van der Waals surface area contributed by atoms with Gasteiger partial charge in [0.05, 0.1) is 0 Å². The van der Waals surface area contributed by atoms with E-state index in [9.17, 15) is 0 Å². The fourth-order valence-electron chi connectivity index (χ4n) is 3.05. The van der Waals surface area contributed by atoms with Crippen molar-refractivity contribution in [3.63, 3.8) is 0 Å². The molecular weight excluding hydrogens is 256 g/mol. The average molecular weight is 276 g/mol. The van der Waals surface area contributed by atoms with Crippen LogP contribution in [-0.4, -0.2) is 0 Å². The molecule has 3 aromatic rings. The minimum Gasteiger partial charge on any atom is -0.456 e. The van der Waals surface area contributed by atoms with Crippen LogP contribution in [0.4, 0.5) is 0 Å². The van der Waals surface area contributed by atoms with Gasteiger partial charge in [-0.15, -0.1) is 0 Å². The third-order valence-electron chi connectivity index (χ3n) is 3.88. The van der Waals surface area contributed by atoms with Crippen molar-refractivity contribution in [1.29, 1.82) is 0 Å². The van der Waals surface area contributed by atoms with Crippen LogP contribution >= 0.6 is 0 Å². The Morgan fingerprint density at radius 1 is 0.714 bits per heavy atom. The second-order valence-electron chi connectivity index (χ2n) is 5.76. The van der Waals surface area contributed by atoms with Crippen molar-refractivity contribution < 1.29 is 4.42 Å². The highest BCUT2D eigenvalue weighted by Crippen LogP contribution is 2.35. The van der Waals surface area contributed by atoms with Crippen LogP contribution in [0.25, 0.3) is 22.6 Å². The molecule has 0 fully saturated rings. The lowest BCUT2D eigenvalue weighted by atomic mass is 9.98. The highest BCUT2D eigenvalue weighted by atomic mass is 16.3. The first-order valence-electron chi connectivity index (χ1n) is 7.30. The third-order valence-corrected chi connectivity index (χ3v) is 3.88. The zero-order valence-corrected chi connectivity index (χ0v) is 13.0. The van der Waals surface area contributed by atoms with Gasteiger partial charge in [0.2, 0.25) is 0 Å². The van der Waals surface area contributed by atoms with Crippen molar-refractivity contribution in [2.24, 2.45) is 0 Å². The molecule has 1 aromatic heterocycles. The van der Waals surface area contributed by atoms with E-state index < -0.39 is 0 Å². The highest BCUT2D eigenvalue weighted by Gasteiger charge is 2.14. The second kappa shape index (κ2) is 5.25. The Morgan fingerprint density at radius 3 is 1.95 bits per heavy atom. The molecule has 1 heteroatoms. The maximum absolute atomic E-state index is 6.19. The number of hydrogen-bond acceptors (Lipinski definition) is 1. The Morgan fingerprint density at radius 2 is 1.33 bits per heavy atom.